The Labute approximate surface area is 141 Å². The zero-order valence-electron chi connectivity index (χ0n) is 13.6. The molecule has 2 aromatic carbocycles. The fraction of sp³-hybridized carbons (Fsp3) is 0.278. The number of aryl methyl sites for hydroxylation is 2. The summed E-state index contributed by atoms with van der Waals surface area (Å²) < 4.78 is 32.3. The van der Waals surface area contributed by atoms with E-state index < -0.39 is 21.8 Å². The smallest absolute Gasteiger partial charge is 0.264 e. The van der Waals surface area contributed by atoms with E-state index in [2.05, 4.69) is 4.72 Å². The molecule has 0 unspecified atom stereocenters. The second kappa shape index (κ2) is 6.28. The Hall–Kier alpha value is -2.34. The van der Waals surface area contributed by atoms with Crippen LogP contribution in [0, 0.1) is 6.92 Å². The van der Waals surface area contributed by atoms with E-state index in [1.165, 1.54) is 19.2 Å². The van der Waals surface area contributed by atoms with Crippen molar-refractivity contribution in [1.82, 2.24) is 4.72 Å². The van der Waals surface area contributed by atoms with Gasteiger partial charge in [0.2, 0.25) is 5.91 Å². The fourth-order valence-corrected chi connectivity index (χ4v) is 4.21. The first-order valence-electron chi connectivity index (χ1n) is 7.71. The second-order valence-electron chi connectivity index (χ2n) is 5.89. The van der Waals surface area contributed by atoms with Crippen LogP contribution in [0.4, 0.5) is 0 Å². The summed E-state index contributed by atoms with van der Waals surface area (Å²) in [5.41, 5.74) is 2.71. The van der Waals surface area contributed by atoms with Gasteiger partial charge in [-0.1, -0.05) is 24.3 Å². The van der Waals surface area contributed by atoms with Gasteiger partial charge in [0.1, 0.15) is 5.75 Å². The lowest BCUT2D eigenvalue weighted by atomic mass is 10.0. The van der Waals surface area contributed by atoms with Crippen molar-refractivity contribution in [3.8, 4) is 5.75 Å². The van der Waals surface area contributed by atoms with Gasteiger partial charge in [0, 0.05) is 0 Å². The van der Waals surface area contributed by atoms with E-state index in [4.69, 9.17) is 4.74 Å². The lowest BCUT2D eigenvalue weighted by Gasteiger charge is -2.13. The summed E-state index contributed by atoms with van der Waals surface area (Å²) in [5.74, 6) is -0.297. The molecule has 0 aliphatic heterocycles. The number of hydrogen-bond donors (Lipinski definition) is 1. The van der Waals surface area contributed by atoms with E-state index in [0.29, 0.717) is 17.7 Å². The molecule has 1 N–H and O–H groups in total. The molecule has 1 aliphatic carbocycles. The van der Waals surface area contributed by atoms with Crippen LogP contribution in [-0.2, 0) is 21.2 Å². The molecule has 0 saturated carbocycles. The fourth-order valence-electron chi connectivity index (χ4n) is 3.11. The molecule has 2 aromatic rings. The Bertz CT molecular complexity index is 890. The highest BCUT2D eigenvalue weighted by Crippen LogP contribution is 2.33. The van der Waals surface area contributed by atoms with Crippen LogP contribution in [0.2, 0.25) is 0 Å². The molecule has 3 rings (SSSR count). The standard InChI is InChI=1S/C18H19NO4S/c1-12-11-14(8-10-17(12)23-2)24(21,22)19-18(20)16-9-7-13-5-3-4-6-15(13)16/h3-6,8,10-11,16H,7,9H2,1-2H3,(H,19,20)/t16-/m1/s1. The summed E-state index contributed by atoms with van der Waals surface area (Å²) in [4.78, 5) is 12.5. The number of hydrogen-bond acceptors (Lipinski definition) is 4. The SMILES string of the molecule is COc1ccc(S(=O)(=O)NC(=O)[C@@H]2CCc3ccccc32)cc1C. The molecule has 0 spiro atoms. The molecule has 1 amide bonds. The van der Waals surface area contributed by atoms with Gasteiger partial charge in [0.25, 0.3) is 10.0 Å². The first-order chi connectivity index (χ1) is 11.4. The first kappa shape index (κ1) is 16.5. The zero-order valence-corrected chi connectivity index (χ0v) is 14.4. The maximum atomic E-state index is 12.5. The Morgan fingerprint density at radius 3 is 2.67 bits per heavy atom. The van der Waals surface area contributed by atoms with Crippen molar-refractivity contribution in [2.75, 3.05) is 7.11 Å². The number of methoxy groups -OCH3 is 1. The lowest BCUT2D eigenvalue weighted by Crippen LogP contribution is -2.34. The number of rotatable bonds is 4. The number of sulfonamides is 1. The van der Waals surface area contributed by atoms with Crippen LogP contribution >= 0.6 is 0 Å². The number of carbonyl (C=O) groups excluding carboxylic acids is 1. The number of amides is 1. The predicted molar refractivity (Wildman–Crippen MR) is 90.6 cm³/mol. The number of fused-ring (bicyclic) bond motifs is 1. The van der Waals surface area contributed by atoms with E-state index in [0.717, 1.165) is 17.5 Å². The first-order valence-corrected chi connectivity index (χ1v) is 9.20. The van der Waals surface area contributed by atoms with Crippen LogP contribution in [0.15, 0.2) is 47.4 Å². The molecular formula is C18H19NO4S. The highest BCUT2D eigenvalue weighted by Gasteiger charge is 2.31. The third-order valence-corrected chi connectivity index (χ3v) is 5.71. The molecule has 0 radical (unpaired) electrons. The summed E-state index contributed by atoms with van der Waals surface area (Å²) in [5, 5.41) is 0. The molecule has 1 aliphatic rings. The number of benzene rings is 2. The van der Waals surface area contributed by atoms with Gasteiger partial charge in [0.05, 0.1) is 17.9 Å². The van der Waals surface area contributed by atoms with Crippen LogP contribution < -0.4 is 9.46 Å². The average molecular weight is 345 g/mol. The molecule has 5 nitrogen and oxygen atoms in total. The van der Waals surface area contributed by atoms with Crippen LogP contribution in [0.25, 0.3) is 0 Å². The minimum Gasteiger partial charge on any atom is -0.496 e. The van der Waals surface area contributed by atoms with Crippen LogP contribution in [0.5, 0.6) is 5.75 Å². The van der Waals surface area contributed by atoms with E-state index in [1.807, 2.05) is 24.3 Å². The van der Waals surface area contributed by atoms with Gasteiger partial charge in [-0.2, -0.15) is 0 Å². The number of carbonyl (C=O) groups is 1. The van der Waals surface area contributed by atoms with Crippen molar-refractivity contribution in [2.24, 2.45) is 0 Å². The molecule has 0 aromatic heterocycles. The molecule has 0 heterocycles. The second-order valence-corrected chi connectivity index (χ2v) is 7.57. The third-order valence-electron chi connectivity index (χ3n) is 4.36. The maximum Gasteiger partial charge on any atom is 0.264 e. The largest absolute Gasteiger partial charge is 0.496 e. The monoisotopic (exact) mass is 345 g/mol. The quantitative estimate of drug-likeness (QED) is 0.924. The molecule has 0 bridgehead atoms. The normalized spacial score (nSPS) is 16.5. The van der Waals surface area contributed by atoms with Gasteiger partial charge in [-0.15, -0.1) is 0 Å². The maximum absolute atomic E-state index is 12.5. The van der Waals surface area contributed by atoms with E-state index in [-0.39, 0.29) is 4.90 Å². The van der Waals surface area contributed by atoms with Crippen molar-refractivity contribution >= 4 is 15.9 Å². The summed E-state index contributed by atoms with van der Waals surface area (Å²) >= 11 is 0. The van der Waals surface area contributed by atoms with E-state index in [9.17, 15) is 13.2 Å². The summed E-state index contributed by atoms with van der Waals surface area (Å²) in [6.45, 7) is 1.76. The van der Waals surface area contributed by atoms with Gasteiger partial charge < -0.3 is 4.74 Å². The van der Waals surface area contributed by atoms with Crippen molar-refractivity contribution in [3.63, 3.8) is 0 Å². The van der Waals surface area contributed by atoms with E-state index >= 15 is 0 Å². The third kappa shape index (κ3) is 3.01. The minimum atomic E-state index is -3.90. The topological polar surface area (TPSA) is 72.5 Å². The van der Waals surface area contributed by atoms with Crippen LogP contribution in [0.3, 0.4) is 0 Å². The Balaban J connectivity index is 1.82. The van der Waals surface area contributed by atoms with E-state index in [1.54, 1.807) is 13.0 Å². The van der Waals surface area contributed by atoms with Gasteiger partial charge >= 0.3 is 0 Å². The molecule has 126 valence electrons. The predicted octanol–water partition coefficient (Wildman–Crippen LogP) is 2.54. The molecule has 0 saturated heterocycles. The van der Waals surface area contributed by atoms with Crippen LogP contribution in [-0.4, -0.2) is 21.4 Å². The van der Waals surface area contributed by atoms with Crippen molar-refractivity contribution in [2.45, 2.75) is 30.6 Å². The number of nitrogens with one attached hydrogen (secondary N) is 1. The molecule has 0 fully saturated rings. The van der Waals surface area contributed by atoms with Gasteiger partial charge in [-0.05, 0) is 54.7 Å². The highest BCUT2D eigenvalue weighted by atomic mass is 32.2. The Morgan fingerprint density at radius 1 is 1.21 bits per heavy atom. The summed E-state index contributed by atoms with van der Waals surface area (Å²) in [6.07, 6.45) is 1.41. The van der Waals surface area contributed by atoms with Gasteiger partial charge in [0.15, 0.2) is 0 Å². The van der Waals surface area contributed by atoms with Crippen molar-refractivity contribution in [1.29, 1.82) is 0 Å². The number of ether oxygens (including phenoxy) is 1. The highest BCUT2D eigenvalue weighted by molar-refractivity contribution is 7.90. The molecule has 24 heavy (non-hydrogen) atoms. The average Bonchev–Trinajstić information content (AvgIpc) is 2.98. The summed E-state index contributed by atoms with van der Waals surface area (Å²) in [6, 6.07) is 12.2. The minimum absolute atomic E-state index is 0.0560. The summed E-state index contributed by atoms with van der Waals surface area (Å²) in [7, 11) is -2.38. The lowest BCUT2D eigenvalue weighted by molar-refractivity contribution is -0.120. The van der Waals surface area contributed by atoms with Gasteiger partial charge in [-0.25, -0.2) is 13.1 Å². The zero-order chi connectivity index (χ0) is 17.3. The van der Waals surface area contributed by atoms with Crippen molar-refractivity contribution < 1.29 is 17.9 Å². The molecular weight excluding hydrogens is 326 g/mol. The molecule has 6 heteroatoms. The Kier molecular flexibility index (Phi) is 4.32. The van der Waals surface area contributed by atoms with Crippen molar-refractivity contribution in [3.05, 3.63) is 59.2 Å². The molecule has 1 atom stereocenters. The van der Waals surface area contributed by atoms with Crippen LogP contribution in [0.1, 0.15) is 29.0 Å². The Morgan fingerprint density at radius 2 is 1.96 bits per heavy atom. The van der Waals surface area contributed by atoms with Gasteiger partial charge in [-0.3, -0.25) is 4.79 Å².